The van der Waals surface area contributed by atoms with Crippen molar-refractivity contribution in [1.82, 2.24) is 4.90 Å². The Balaban J connectivity index is 2.12. The van der Waals surface area contributed by atoms with Gasteiger partial charge >= 0.3 is 5.97 Å². The van der Waals surface area contributed by atoms with Crippen LogP contribution in [0.2, 0.25) is 0 Å². The number of benzene rings is 1. The predicted octanol–water partition coefficient (Wildman–Crippen LogP) is 3.69. The van der Waals surface area contributed by atoms with E-state index in [1.54, 1.807) is 12.1 Å². The first-order chi connectivity index (χ1) is 9.97. The van der Waals surface area contributed by atoms with Crippen LogP contribution in [0.3, 0.4) is 0 Å². The van der Waals surface area contributed by atoms with Gasteiger partial charge in [0.2, 0.25) is 0 Å². The van der Waals surface area contributed by atoms with Crippen LogP contribution in [0, 0.1) is 5.82 Å². The van der Waals surface area contributed by atoms with Crippen LogP contribution in [-0.2, 0) is 11.3 Å². The molecule has 0 radical (unpaired) electrons. The Morgan fingerprint density at radius 3 is 2.62 bits per heavy atom. The maximum atomic E-state index is 14.2. The van der Waals surface area contributed by atoms with Crippen molar-refractivity contribution in [1.29, 1.82) is 0 Å². The number of likely N-dealkylation sites (tertiary alicyclic amines) is 1. The number of hydrogen-bond donors (Lipinski definition) is 1. The van der Waals surface area contributed by atoms with Gasteiger partial charge in [-0.2, -0.15) is 0 Å². The lowest BCUT2D eigenvalue weighted by molar-refractivity contribution is -0.131. The van der Waals surface area contributed by atoms with Crippen LogP contribution < -0.4 is 0 Å². The van der Waals surface area contributed by atoms with E-state index in [0.717, 1.165) is 18.9 Å². The maximum Gasteiger partial charge on any atom is 0.328 e. The summed E-state index contributed by atoms with van der Waals surface area (Å²) in [5, 5.41) is 8.59. The normalized spacial score (nSPS) is 23.6. The highest BCUT2D eigenvalue weighted by atomic mass is 19.1. The minimum Gasteiger partial charge on any atom is -0.478 e. The van der Waals surface area contributed by atoms with Crippen LogP contribution in [0.1, 0.15) is 44.2 Å². The highest BCUT2D eigenvalue weighted by Crippen LogP contribution is 2.25. The molecule has 1 N–H and O–H groups in total. The van der Waals surface area contributed by atoms with Gasteiger partial charge in [0, 0.05) is 30.3 Å². The van der Waals surface area contributed by atoms with Crippen molar-refractivity contribution in [2.45, 2.75) is 51.7 Å². The summed E-state index contributed by atoms with van der Waals surface area (Å²) in [6, 6.07) is 5.86. The van der Waals surface area contributed by atoms with Crippen molar-refractivity contribution in [3.63, 3.8) is 0 Å². The molecule has 21 heavy (non-hydrogen) atoms. The summed E-state index contributed by atoms with van der Waals surface area (Å²) in [6.45, 7) is 4.99. The molecule has 114 valence electrons. The zero-order chi connectivity index (χ0) is 15.4. The largest absolute Gasteiger partial charge is 0.478 e. The van der Waals surface area contributed by atoms with Gasteiger partial charge in [0.15, 0.2) is 0 Å². The van der Waals surface area contributed by atoms with Gasteiger partial charge in [0.1, 0.15) is 5.82 Å². The van der Waals surface area contributed by atoms with E-state index in [1.807, 2.05) is 0 Å². The second-order valence-electron chi connectivity index (χ2n) is 5.82. The van der Waals surface area contributed by atoms with E-state index in [1.165, 1.54) is 18.6 Å². The van der Waals surface area contributed by atoms with Crippen LogP contribution in [0.5, 0.6) is 0 Å². The minimum absolute atomic E-state index is 0.271. The summed E-state index contributed by atoms with van der Waals surface area (Å²) in [4.78, 5) is 12.8. The van der Waals surface area contributed by atoms with Gasteiger partial charge in [-0.25, -0.2) is 9.18 Å². The monoisotopic (exact) mass is 291 g/mol. The van der Waals surface area contributed by atoms with Crippen molar-refractivity contribution in [3.8, 4) is 0 Å². The summed E-state index contributed by atoms with van der Waals surface area (Å²) in [7, 11) is 0. The third kappa shape index (κ3) is 4.14. The van der Waals surface area contributed by atoms with E-state index in [4.69, 9.17) is 5.11 Å². The van der Waals surface area contributed by atoms with Gasteiger partial charge in [0.25, 0.3) is 0 Å². The first-order valence-corrected chi connectivity index (χ1v) is 7.42. The molecule has 4 heteroatoms. The molecule has 1 aromatic rings. The van der Waals surface area contributed by atoms with E-state index >= 15 is 0 Å². The van der Waals surface area contributed by atoms with E-state index in [0.29, 0.717) is 29.8 Å². The molecule has 1 aliphatic heterocycles. The molecule has 2 rings (SSSR count). The fourth-order valence-corrected chi connectivity index (χ4v) is 2.95. The van der Waals surface area contributed by atoms with Crippen LogP contribution in [0.25, 0.3) is 6.08 Å². The van der Waals surface area contributed by atoms with Crippen LogP contribution in [0.15, 0.2) is 24.3 Å². The fraction of sp³-hybridized carbons (Fsp3) is 0.471. The number of carboxylic acids is 1. The van der Waals surface area contributed by atoms with E-state index in [2.05, 4.69) is 18.7 Å². The summed E-state index contributed by atoms with van der Waals surface area (Å²) in [6.07, 6.45) is 5.97. The molecular formula is C17H22FNO2. The topological polar surface area (TPSA) is 40.5 Å². The highest BCUT2D eigenvalue weighted by molar-refractivity contribution is 5.85. The number of piperidine rings is 1. The lowest BCUT2D eigenvalue weighted by Crippen LogP contribution is -2.43. The third-order valence-corrected chi connectivity index (χ3v) is 4.22. The molecule has 1 aromatic carbocycles. The number of nitrogens with zero attached hydrogens (tertiary/aromatic N) is 1. The summed E-state index contributed by atoms with van der Waals surface area (Å²) in [5.74, 6) is -1.30. The molecular weight excluding hydrogens is 269 g/mol. The number of carboxylic acid groups (broad SMARTS) is 1. The standard InChI is InChI=1S/C17H22FNO2/c1-12-4-3-5-13(2)19(12)11-15-8-6-14(10-16(15)18)7-9-17(20)21/h6-10,12-13H,3-5,11H2,1-2H3,(H,20,21)/b9-7+/t12-,13+. The second kappa shape index (κ2) is 6.85. The molecule has 1 heterocycles. The minimum atomic E-state index is -1.03. The van der Waals surface area contributed by atoms with Crippen molar-refractivity contribution in [2.24, 2.45) is 0 Å². The average Bonchev–Trinajstić information content (AvgIpc) is 2.42. The Hall–Kier alpha value is -1.68. The predicted molar refractivity (Wildman–Crippen MR) is 81.4 cm³/mol. The van der Waals surface area contributed by atoms with Crippen molar-refractivity contribution in [2.75, 3.05) is 0 Å². The Kier molecular flexibility index (Phi) is 5.12. The quantitative estimate of drug-likeness (QED) is 0.860. The first-order valence-electron chi connectivity index (χ1n) is 7.42. The van der Waals surface area contributed by atoms with E-state index < -0.39 is 5.97 Å². The molecule has 1 fully saturated rings. The van der Waals surface area contributed by atoms with Crippen molar-refractivity contribution < 1.29 is 14.3 Å². The number of hydrogen-bond acceptors (Lipinski definition) is 2. The van der Waals surface area contributed by atoms with Crippen molar-refractivity contribution >= 4 is 12.0 Å². The lowest BCUT2D eigenvalue weighted by atomic mass is 9.96. The molecule has 0 saturated carbocycles. The van der Waals surface area contributed by atoms with E-state index in [-0.39, 0.29) is 5.82 Å². The smallest absolute Gasteiger partial charge is 0.328 e. The molecule has 0 bridgehead atoms. The molecule has 3 nitrogen and oxygen atoms in total. The fourth-order valence-electron chi connectivity index (χ4n) is 2.95. The number of halogens is 1. The third-order valence-electron chi connectivity index (χ3n) is 4.22. The molecule has 0 amide bonds. The van der Waals surface area contributed by atoms with Gasteiger partial charge < -0.3 is 5.11 Å². The molecule has 1 aliphatic rings. The van der Waals surface area contributed by atoms with Crippen LogP contribution >= 0.6 is 0 Å². The van der Waals surface area contributed by atoms with Crippen LogP contribution in [0.4, 0.5) is 4.39 Å². The van der Waals surface area contributed by atoms with Crippen LogP contribution in [-0.4, -0.2) is 28.1 Å². The summed E-state index contributed by atoms with van der Waals surface area (Å²) >= 11 is 0. The van der Waals surface area contributed by atoms with Gasteiger partial charge in [-0.15, -0.1) is 0 Å². The second-order valence-corrected chi connectivity index (χ2v) is 5.82. The number of rotatable bonds is 4. The Labute approximate surface area is 125 Å². The zero-order valence-electron chi connectivity index (χ0n) is 12.6. The zero-order valence-corrected chi connectivity index (χ0v) is 12.6. The highest BCUT2D eigenvalue weighted by Gasteiger charge is 2.25. The Morgan fingerprint density at radius 1 is 1.38 bits per heavy atom. The van der Waals surface area contributed by atoms with E-state index in [9.17, 15) is 9.18 Å². The Morgan fingerprint density at radius 2 is 2.05 bits per heavy atom. The van der Waals surface area contributed by atoms with Gasteiger partial charge in [0.05, 0.1) is 0 Å². The molecule has 0 aliphatic carbocycles. The lowest BCUT2D eigenvalue weighted by Gasteiger charge is -2.39. The molecule has 0 aromatic heterocycles. The van der Waals surface area contributed by atoms with Gasteiger partial charge in [-0.3, -0.25) is 4.90 Å². The van der Waals surface area contributed by atoms with Gasteiger partial charge in [-0.1, -0.05) is 18.6 Å². The first kappa shape index (κ1) is 15.7. The molecule has 0 spiro atoms. The SMILES string of the molecule is C[C@@H]1CCC[C@H](C)N1Cc1ccc(/C=C/C(=O)O)cc1F. The number of aliphatic carboxylic acids is 1. The number of carbonyl (C=O) groups is 1. The summed E-state index contributed by atoms with van der Waals surface area (Å²) in [5.41, 5.74) is 1.24. The van der Waals surface area contributed by atoms with Gasteiger partial charge in [-0.05, 0) is 44.4 Å². The summed E-state index contributed by atoms with van der Waals surface area (Å²) < 4.78 is 14.2. The molecule has 1 saturated heterocycles. The molecule has 0 unspecified atom stereocenters. The van der Waals surface area contributed by atoms with Crippen molar-refractivity contribution in [3.05, 3.63) is 41.2 Å². The average molecular weight is 291 g/mol. The Bertz CT molecular complexity index is 532. The molecule has 2 atom stereocenters. The maximum absolute atomic E-state index is 14.2.